The molecular formula is C19H18N2O3. The summed E-state index contributed by atoms with van der Waals surface area (Å²) >= 11 is 0. The molecule has 1 atom stereocenters. The van der Waals surface area contributed by atoms with Crippen LogP contribution in [0.25, 0.3) is 5.65 Å². The average molecular weight is 322 g/mol. The molecule has 0 bridgehead atoms. The van der Waals surface area contributed by atoms with E-state index >= 15 is 0 Å². The van der Waals surface area contributed by atoms with E-state index in [9.17, 15) is 9.59 Å². The van der Waals surface area contributed by atoms with Gasteiger partial charge >= 0.3 is 5.97 Å². The molecule has 24 heavy (non-hydrogen) atoms. The first-order valence-electron chi connectivity index (χ1n) is 7.72. The fourth-order valence-corrected chi connectivity index (χ4v) is 2.47. The molecule has 0 aliphatic rings. The van der Waals surface area contributed by atoms with Crippen LogP contribution in [0.2, 0.25) is 0 Å². The molecule has 3 aromatic rings. The number of esters is 1. The largest absolute Gasteiger partial charge is 0.449 e. The molecule has 0 saturated carbocycles. The molecule has 2 aromatic heterocycles. The summed E-state index contributed by atoms with van der Waals surface area (Å²) in [4.78, 5) is 28.9. The van der Waals surface area contributed by atoms with Gasteiger partial charge in [-0.25, -0.2) is 9.78 Å². The summed E-state index contributed by atoms with van der Waals surface area (Å²) in [6.45, 7) is 5.44. The molecule has 0 saturated heterocycles. The minimum Gasteiger partial charge on any atom is -0.449 e. The number of aromatic nitrogens is 2. The van der Waals surface area contributed by atoms with Gasteiger partial charge in [0.05, 0.1) is 0 Å². The van der Waals surface area contributed by atoms with Gasteiger partial charge in [-0.15, -0.1) is 0 Å². The number of nitrogens with zero attached hydrogens (tertiary/aromatic N) is 2. The summed E-state index contributed by atoms with van der Waals surface area (Å²) in [5.74, 6) is -0.839. The molecule has 3 rings (SSSR count). The highest BCUT2D eigenvalue weighted by atomic mass is 16.5. The van der Waals surface area contributed by atoms with Crippen molar-refractivity contribution in [3.05, 3.63) is 71.2 Å². The maximum atomic E-state index is 12.3. The van der Waals surface area contributed by atoms with Gasteiger partial charge in [0.1, 0.15) is 5.65 Å². The predicted octanol–water partition coefficient (Wildman–Crippen LogP) is 3.38. The highest BCUT2D eigenvalue weighted by molar-refractivity contribution is 6.01. The van der Waals surface area contributed by atoms with Gasteiger partial charge in [-0.2, -0.15) is 0 Å². The van der Waals surface area contributed by atoms with E-state index in [1.807, 2.05) is 48.6 Å². The van der Waals surface area contributed by atoms with Gasteiger partial charge in [0.15, 0.2) is 11.8 Å². The van der Waals surface area contributed by atoms with Crippen molar-refractivity contribution in [1.82, 2.24) is 9.38 Å². The minimum atomic E-state index is -0.869. The summed E-state index contributed by atoms with van der Waals surface area (Å²) in [6.07, 6.45) is 0.752. The van der Waals surface area contributed by atoms with Gasteiger partial charge in [0, 0.05) is 17.5 Å². The van der Waals surface area contributed by atoms with Crippen LogP contribution in [0.5, 0.6) is 0 Å². The van der Waals surface area contributed by atoms with E-state index < -0.39 is 12.1 Å². The van der Waals surface area contributed by atoms with Crippen LogP contribution >= 0.6 is 0 Å². The van der Waals surface area contributed by atoms with Gasteiger partial charge < -0.3 is 9.14 Å². The van der Waals surface area contributed by atoms with Gasteiger partial charge in [-0.3, -0.25) is 4.79 Å². The zero-order valence-corrected chi connectivity index (χ0v) is 13.8. The molecular weight excluding hydrogens is 304 g/mol. The van der Waals surface area contributed by atoms with Gasteiger partial charge in [0.2, 0.25) is 5.78 Å². The van der Waals surface area contributed by atoms with Crippen molar-refractivity contribution in [3.63, 3.8) is 0 Å². The summed E-state index contributed by atoms with van der Waals surface area (Å²) in [5.41, 5.74) is 3.40. The fourth-order valence-electron chi connectivity index (χ4n) is 2.47. The molecule has 0 radical (unpaired) electrons. The number of imidazole rings is 1. The first-order valence-corrected chi connectivity index (χ1v) is 7.72. The Morgan fingerprint density at radius 1 is 1.08 bits per heavy atom. The number of rotatable bonds is 4. The summed E-state index contributed by atoms with van der Waals surface area (Å²) in [7, 11) is 0. The lowest BCUT2D eigenvalue weighted by molar-refractivity contribution is 0.0314. The molecule has 0 spiro atoms. The Kier molecular flexibility index (Phi) is 4.16. The number of carbonyl (C=O) groups is 2. The maximum Gasteiger partial charge on any atom is 0.359 e. The summed E-state index contributed by atoms with van der Waals surface area (Å²) < 4.78 is 7.10. The predicted molar refractivity (Wildman–Crippen MR) is 90.3 cm³/mol. The first-order chi connectivity index (χ1) is 11.5. The van der Waals surface area contributed by atoms with Crippen LogP contribution < -0.4 is 0 Å². The van der Waals surface area contributed by atoms with Crippen LogP contribution in [-0.4, -0.2) is 27.2 Å². The second kappa shape index (κ2) is 6.28. The molecule has 0 amide bonds. The van der Waals surface area contributed by atoms with E-state index in [1.54, 1.807) is 25.3 Å². The second-order valence-corrected chi connectivity index (χ2v) is 5.80. The number of fused-ring (bicyclic) bond motifs is 1. The third kappa shape index (κ3) is 3.06. The molecule has 0 aliphatic heterocycles. The van der Waals surface area contributed by atoms with Gasteiger partial charge in [-0.1, -0.05) is 35.9 Å². The Morgan fingerprint density at radius 3 is 2.46 bits per heavy atom. The Bertz CT molecular complexity index is 910. The van der Waals surface area contributed by atoms with Crippen molar-refractivity contribution in [2.75, 3.05) is 0 Å². The van der Waals surface area contributed by atoms with Crippen molar-refractivity contribution < 1.29 is 14.3 Å². The Hall–Kier alpha value is -2.95. The van der Waals surface area contributed by atoms with E-state index in [1.165, 1.54) is 0 Å². The van der Waals surface area contributed by atoms with Crippen molar-refractivity contribution in [2.24, 2.45) is 0 Å². The molecule has 1 unspecified atom stereocenters. The average Bonchev–Trinajstić information content (AvgIpc) is 3.00. The highest BCUT2D eigenvalue weighted by Gasteiger charge is 2.22. The van der Waals surface area contributed by atoms with Gasteiger partial charge in [0.25, 0.3) is 0 Å². The summed E-state index contributed by atoms with van der Waals surface area (Å²) in [6, 6.07) is 12.8. The van der Waals surface area contributed by atoms with Crippen LogP contribution in [0.3, 0.4) is 0 Å². The standard InChI is InChI=1S/C19H18N2O3/c1-12-7-9-15(10-8-12)18(22)14(3)24-19(23)16-11-21-13(2)5-4-6-17(21)20-16/h4-11,14H,1-3H3. The molecule has 0 fully saturated rings. The smallest absolute Gasteiger partial charge is 0.359 e. The van der Waals surface area contributed by atoms with Gasteiger partial charge in [-0.05, 0) is 32.9 Å². The molecule has 1 aromatic carbocycles. The number of aryl methyl sites for hydroxylation is 2. The zero-order valence-electron chi connectivity index (χ0n) is 13.8. The van der Waals surface area contributed by atoms with Crippen LogP contribution in [0.15, 0.2) is 48.7 Å². The zero-order chi connectivity index (χ0) is 17.3. The van der Waals surface area contributed by atoms with E-state index in [0.29, 0.717) is 11.2 Å². The highest BCUT2D eigenvalue weighted by Crippen LogP contribution is 2.13. The molecule has 5 heteroatoms. The number of Topliss-reactive ketones (excluding diaryl/α,β-unsaturated/α-hetero) is 1. The third-order valence-corrected chi connectivity index (χ3v) is 3.89. The van der Waals surface area contributed by atoms with Crippen molar-refractivity contribution in [3.8, 4) is 0 Å². The molecule has 122 valence electrons. The number of hydrogen-bond acceptors (Lipinski definition) is 4. The number of carbonyl (C=O) groups excluding carboxylic acids is 2. The number of ether oxygens (including phenoxy) is 1. The number of pyridine rings is 1. The molecule has 5 nitrogen and oxygen atoms in total. The van der Waals surface area contributed by atoms with E-state index in [-0.39, 0.29) is 11.5 Å². The quantitative estimate of drug-likeness (QED) is 0.546. The fraction of sp³-hybridized carbons (Fsp3) is 0.211. The lowest BCUT2D eigenvalue weighted by Crippen LogP contribution is -2.24. The second-order valence-electron chi connectivity index (χ2n) is 5.80. The number of benzene rings is 1. The lowest BCUT2D eigenvalue weighted by atomic mass is 10.1. The van der Waals surface area contributed by atoms with Crippen LogP contribution in [0.4, 0.5) is 0 Å². The Morgan fingerprint density at radius 2 is 1.79 bits per heavy atom. The van der Waals surface area contributed by atoms with Crippen molar-refractivity contribution >= 4 is 17.4 Å². The third-order valence-electron chi connectivity index (χ3n) is 3.89. The molecule has 0 aliphatic carbocycles. The van der Waals surface area contributed by atoms with E-state index in [0.717, 1.165) is 11.3 Å². The summed E-state index contributed by atoms with van der Waals surface area (Å²) in [5, 5.41) is 0. The number of ketones is 1. The maximum absolute atomic E-state index is 12.3. The number of hydrogen-bond donors (Lipinski definition) is 0. The van der Waals surface area contributed by atoms with Crippen LogP contribution in [-0.2, 0) is 4.74 Å². The van der Waals surface area contributed by atoms with E-state index in [2.05, 4.69) is 4.98 Å². The first kappa shape index (κ1) is 15.9. The lowest BCUT2D eigenvalue weighted by Gasteiger charge is -2.11. The van der Waals surface area contributed by atoms with Crippen molar-refractivity contribution in [1.29, 1.82) is 0 Å². The Balaban J connectivity index is 1.76. The molecule has 0 N–H and O–H groups in total. The topological polar surface area (TPSA) is 60.7 Å². The van der Waals surface area contributed by atoms with Crippen molar-refractivity contribution in [2.45, 2.75) is 26.9 Å². The minimum absolute atomic E-state index is 0.188. The van der Waals surface area contributed by atoms with E-state index in [4.69, 9.17) is 4.74 Å². The van der Waals surface area contributed by atoms with Crippen LogP contribution in [0, 0.1) is 13.8 Å². The normalized spacial score (nSPS) is 12.1. The monoisotopic (exact) mass is 322 g/mol. The molecule has 2 heterocycles. The Labute approximate surface area is 139 Å². The SMILES string of the molecule is Cc1ccc(C(=O)C(C)OC(=O)c2cn3c(C)cccc3n2)cc1. The van der Waals surface area contributed by atoms with Crippen LogP contribution in [0.1, 0.15) is 39.0 Å².